The van der Waals surface area contributed by atoms with Crippen molar-refractivity contribution in [3.05, 3.63) is 54.1 Å². The number of sulfonamides is 1. The zero-order chi connectivity index (χ0) is 25.1. The van der Waals surface area contributed by atoms with E-state index in [1.165, 1.54) is 24.1 Å². The number of nitrogens with zero attached hydrogens (tertiary/aromatic N) is 2. The fourth-order valence-corrected chi connectivity index (χ4v) is 5.49. The monoisotopic (exact) mass is 487 g/mol. The Morgan fingerprint density at radius 1 is 1.18 bits per heavy atom. The summed E-state index contributed by atoms with van der Waals surface area (Å²) in [5.74, 6) is 0.0152. The summed E-state index contributed by atoms with van der Waals surface area (Å²) in [6, 6.07) is 13.3. The van der Waals surface area contributed by atoms with Gasteiger partial charge >= 0.3 is 0 Å². The van der Waals surface area contributed by atoms with Crippen molar-refractivity contribution in [3.63, 3.8) is 0 Å². The summed E-state index contributed by atoms with van der Waals surface area (Å²) < 4.78 is 33.2. The number of piperazine rings is 1. The van der Waals surface area contributed by atoms with E-state index in [1.807, 2.05) is 6.92 Å². The Kier molecular flexibility index (Phi) is 7.67. The van der Waals surface area contributed by atoms with Crippen LogP contribution in [-0.2, 0) is 19.6 Å². The number of rotatable bonds is 8. The van der Waals surface area contributed by atoms with Crippen LogP contribution in [0.4, 0.5) is 5.69 Å². The Balaban J connectivity index is 2.02. The number of anilines is 1. The molecule has 184 valence electrons. The van der Waals surface area contributed by atoms with Gasteiger partial charge in [-0.05, 0) is 50.5 Å². The molecule has 2 aromatic carbocycles. The number of nitrogens with one attached hydrogen (secondary N) is 1. The minimum atomic E-state index is -3.99. The number of amides is 2. The minimum Gasteiger partial charge on any atom is -0.497 e. The Bertz CT molecular complexity index is 1150. The molecular formula is C25H33N3O5S. The SMILES string of the molecule is COc1cccc(N2C(=O)CN(S(=O)(=O)c3ccc(C)cc3)CC2(C)C(=O)NCCC(C)C)c1. The van der Waals surface area contributed by atoms with Crippen molar-refractivity contribution in [3.8, 4) is 5.75 Å². The van der Waals surface area contributed by atoms with Gasteiger partial charge in [0, 0.05) is 24.8 Å². The molecule has 8 nitrogen and oxygen atoms in total. The van der Waals surface area contributed by atoms with Crippen molar-refractivity contribution in [2.45, 2.75) is 44.6 Å². The number of aryl methyl sites for hydroxylation is 1. The summed E-state index contributed by atoms with van der Waals surface area (Å²) in [7, 11) is -2.47. The molecule has 1 N–H and O–H groups in total. The fourth-order valence-electron chi connectivity index (χ4n) is 4.01. The summed E-state index contributed by atoms with van der Waals surface area (Å²) in [5.41, 5.74) is -0.0679. The van der Waals surface area contributed by atoms with E-state index in [4.69, 9.17) is 4.74 Å². The first-order valence-electron chi connectivity index (χ1n) is 11.3. The molecule has 1 atom stereocenters. The lowest BCUT2D eigenvalue weighted by Gasteiger charge is -2.46. The predicted octanol–water partition coefficient (Wildman–Crippen LogP) is 2.96. The Morgan fingerprint density at radius 2 is 1.85 bits per heavy atom. The van der Waals surface area contributed by atoms with Gasteiger partial charge in [-0.2, -0.15) is 4.31 Å². The summed E-state index contributed by atoms with van der Waals surface area (Å²) >= 11 is 0. The van der Waals surface area contributed by atoms with Gasteiger partial charge in [0.2, 0.25) is 21.8 Å². The quantitative estimate of drug-likeness (QED) is 0.618. The first-order chi connectivity index (χ1) is 16.0. The number of hydrogen-bond acceptors (Lipinski definition) is 5. The van der Waals surface area contributed by atoms with Crippen LogP contribution < -0.4 is 15.0 Å². The van der Waals surface area contributed by atoms with E-state index < -0.39 is 27.4 Å². The highest BCUT2D eigenvalue weighted by Gasteiger charge is 2.51. The average Bonchev–Trinajstić information content (AvgIpc) is 2.78. The van der Waals surface area contributed by atoms with E-state index in [0.29, 0.717) is 23.9 Å². The summed E-state index contributed by atoms with van der Waals surface area (Å²) in [4.78, 5) is 28.4. The topological polar surface area (TPSA) is 96.0 Å². The standard InChI is InChI=1S/C25H33N3O5S/c1-18(2)13-14-26-24(30)25(4)17-27(34(31,32)22-11-9-19(3)10-12-22)16-23(29)28(25)20-7-6-8-21(15-20)33-5/h6-12,15,18H,13-14,16-17H2,1-5H3,(H,26,30). The van der Waals surface area contributed by atoms with Crippen molar-refractivity contribution < 1.29 is 22.7 Å². The van der Waals surface area contributed by atoms with E-state index in [9.17, 15) is 18.0 Å². The van der Waals surface area contributed by atoms with Crippen LogP contribution in [0.2, 0.25) is 0 Å². The largest absolute Gasteiger partial charge is 0.497 e. The van der Waals surface area contributed by atoms with Gasteiger partial charge in [0.05, 0.1) is 18.6 Å². The van der Waals surface area contributed by atoms with Crippen LogP contribution in [-0.4, -0.2) is 56.8 Å². The van der Waals surface area contributed by atoms with Crippen molar-refractivity contribution in [1.29, 1.82) is 0 Å². The van der Waals surface area contributed by atoms with Gasteiger partial charge in [0.25, 0.3) is 0 Å². The number of benzene rings is 2. The maximum atomic E-state index is 13.5. The molecule has 0 bridgehead atoms. The van der Waals surface area contributed by atoms with Crippen molar-refractivity contribution in [2.24, 2.45) is 5.92 Å². The van der Waals surface area contributed by atoms with Gasteiger partial charge in [0.15, 0.2) is 0 Å². The third-order valence-corrected chi connectivity index (χ3v) is 7.81. The molecule has 1 aliphatic heterocycles. The number of carbonyl (C=O) groups excluding carboxylic acids is 2. The van der Waals surface area contributed by atoms with Gasteiger partial charge in [-0.3, -0.25) is 14.5 Å². The Hall–Kier alpha value is -2.91. The van der Waals surface area contributed by atoms with E-state index in [2.05, 4.69) is 19.2 Å². The Labute approximate surface area is 201 Å². The van der Waals surface area contributed by atoms with E-state index >= 15 is 0 Å². The molecule has 1 unspecified atom stereocenters. The lowest BCUT2D eigenvalue weighted by Crippen LogP contribution is -2.70. The molecule has 1 fully saturated rings. The Morgan fingerprint density at radius 3 is 2.47 bits per heavy atom. The second-order valence-electron chi connectivity index (χ2n) is 9.23. The van der Waals surface area contributed by atoms with Crippen LogP contribution >= 0.6 is 0 Å². The number of hydrogen-bond donors (Lipinski definition) is 1. The highest BCUT2D eigenvalue weighted by atomic mass is 32.2. The number of carbonyl (C=O) groups is 2. The maximum absolute atomic E-state index is 13.5. The second-order valence-corrected chi connectivity index (χ2v) is 11.2. The average molecular weight is 488 g/mol. The summed E-state index contributed by atoms with van der Waals surface area (Å²) in [6.45, 7) is 7.45. The van der Waals surface area contributed by atoms with Crippen LogP contribution in [0.5, 0.6) is 5.75 Å². The molecule has 0 saturated carbocycles. The van der Waals surface area contributed by atoms with Crippen LogP contribution in [0.1, 0.15) is 32.8 Å². The first-order valence-corrected chi connectivity index (χ1v) is 12.8. The number of ether oxygens (including phenoxy) is 1. The molecule has 34 heavy (non-hydrogen) atoms. The van der Waals surface area contributed by atoms with Gasteiger partial charge in [-0.1, -0.05) is 37.6 Å². The van der Waals surface area contributed by atoms with Crippen molar-refractivity contribution in [1.82, 2.24) is 9.62 Å². The van der Waals surface area contributed by atoms with Crippen molar-refractivity contribution in [2.75, 3.05) is 31.6 Å². The number of methoxy groups -OCH3 is 1. The van der Waals surface area contributed by atoms with Gasteiger partial charge < -0.3 is 10.1 Å². The zero-order valence-electron chi connectivity index (χ0n) is 20.4. The molecule has 2 amide bonds. The molecule has 9 heteroatoms. The highest BCUT2D eigenvalue weighted by molar-refractivity contribution is 7.89. The summed E-state index contributed by atoms with van der Waals surface area (Å²) in [6.07, 6.45) is 0.764. The van der Waals surface area contributed by atoms with Gasteiger partial charge in [-0.15, -0.1) is 0 Å². The molecule has 0 spiro atoms. The molecule has 1 saturated heterocycles. The molecule has 2 aromatic rings. The lowest BCUT2D eigenvalue weighted by molar-refractivity contribution is -0.132. The second kappa shape index (κ2) is 10.1. The predicted molar refractivity (Wildman–Crippen MR) is 131 cm³/mol. The van der Waals surface area contributed by atoms with Crippen LogP contribution in [0.3, 0.4) is 0 Å². The molecule has 0 aliphatic carbocycles. The maximum Gasteiger partial charge on any atom is 0.247 e. The molecule has 0 aromatic heterocycles. The molecule has 3 rings (SSSR count). The van der Waals surface area contributed by atoms with Crippen LogP contribution in [0.25, 0.3) is 0 Å². The lowest BCUT2D eigenvalue weighted by atomic mass is 9.94. The van der Waals surface area contributed by atoms with Crippen molar-refractivity contribution >= 4 is 27.5 Å². The smallest absolute Gasteiger partial charge is 0.247 e. The van der Waals surface area contributed by atoms with Crippen LogP contribution in [0, 0.1) is 12.8 Å². The highest BCUT2D eigenvalue weighted by Crippen LogP contribution is 2.33. The van der Waals surface area contributed by atoms with E-state index in [0.717, 1.165) is 16.3 Å². The van der Waals surface area contributed by atoms with E-state index in [1.54, 1.807) is 43.3 Å². The molecule has 1 aliphatic rings. The molecular weight excluding hydrogens is 454 g/mol. The third-order valence-electron chi connectivity index (χ3n) is 6.01. The summed E-state index contributed by atoms with van der Waals surface area (Å²) in [5, 5.41) is 2.91. The minimum absolute atomic E-state index is 0.0864. The van der Waals surface area contributed by atoms with Gasteiger partial charge in [0.1, 0.15) is 11.3 Å². The zero-order valence-corrected chi connectivity index (χ0v) is 21.2. The van der Waals surface area contributed by atoms with Crippen LogP contribution in [0.15, 0.2) is 53.4 Å². The fraction of sp³-hybridized carbons (Fsp3) is 0.440. The van der Waals surface area contributed by atoms with Gasteiger partial charge in [-0.25, -0.2) is 8.42 Å². The van der Waals surface area contributed by atoms with E-state index in [-0.39, 0.29) is 18.0 Å². The first kappa shape index (κ1) is 25.7. The molecule has 0 radical (unpaired) electrons. The third kappa shape index (κ3) is 5.26. The normalized spacial score (nSPS) is 19.4. The molecule has 1 heterocycles.